The Bertz CT molecular complexity index is 574. The highest BCUT2D eigenvalue weighted by atomic mass is 16.5. The number of carbonyl (C=O) groups is 1. The number of hydrogen-bond acceptors (Lipinski definition) is 7. The molecule has 3 N–H and O–H groups in total. The summed E-state index contributed by atoms with van der Waals surface area (Å²) in [5.41, 5.74) is 7.47. The summed E-state index contributed by atoms with van der Waals surface area (Å²) in [6, 6.07) is 2.12. The van der Waals surface area contributed by atoms with Gasteiger partial charge in [0.2, 0.25) is 5.88 Å². The molecule has 0 aliphatic heterocycles. The average Bonchev–Trinajstić information content (AvgIpc) is 2.68. The first kappa shape index (κ1) is 21.3. The van der Waals surface area contributed by atoms with Gasteiger partial charge in [0, 0.05) is 18.7 Å². The number of anilines is 2. The SMILES string of the molecule is CCCCOCCOc1cc(N[C@H]2CC[C@@H](C(=O)OCC)CC2)c(N)cn1. The van der Waals surface area contributed by atoms with E-state index < -0.39 is 0 Å². The van der Waals surface area contributed by atoms with Gasteiger partial charge in [0.1, 0.15) is 6.61 Å². The maximum Gasteiger partial charge on any atom is 0.308 e. The highest BCUT2D eigenvalue weighted by Gasteiger charge is 2.27. The summed E-state index contributed by atoms with van der Waals surface area (Å²) >= 11 is 0. The van der Waals surface area contributed by atoms with Gasteiger partial charge < -0.3 is 25.3 Å². The van der Waals surface area contributed by atoms with E-state index in [9.17, 15) is 4.79 Å². The summed E-state index contributed by atoms with van der Waals surface area (Å²) in [7, 11) is 0. The van der Waals surface area contributed by atoms with E-state index in [2.05, 4.69) is 17.2 Å². The number of nitrogen functional groups attached to an aromatic ring is 1. The molecule has 1 heterocycles. The van der Waals surface area contributed by atoms with Crippen LogP contribution in [0, 0.1) is 5.92 Å². The summed E-state index contributed by atoms with van der Waals surface area (Å²) in [4.78, 5) is 16.1. The predicted molar refractivity (Wildman–Crippen MR) is 106 cm³/mol. The largest absolute Gasteiger partial charge is 0.475 e. The highest BCUT2D eigenvalue weighted by molar-refractivity contribution is 5.72. The van der Waals surface area contributed by atoms with Crippen molar-refractivity contribution < 1.29 is 19.0 Å². The van der Waals surface area contributed by atoms with Crippen LogP contribution in [0.25, 0.3) is 0 Å². The zero-order chi connectivity index (χ0) is 19.5. The molecule has 152 valence electrons. The molecule has 0 aromatic carbocycles. The van der Waals surface area contributed by atoms with Crippen LogP contribution in [0.2, 0.25) is 0 Å². The van der Waals surface area contributed by atoms with E-state index in [-0.39, 0.29) is 17.9 Å². The number of esters is 1. The maximum absolute atomic E-state index is 11.8. The van der Waals surface area contributed by atoms with Crippen molar-refractivity contribution in [1.82, 2.24) is 4.98 Å². The van der Waals surface area contributed by atoms with Gasteiger partial charge in [-0.05, 0) is 39.0 Å². The van der Waals surface area contributed by atoms with Crippen molar-refractivity contribution in [1.29, 1.82) is 0 Å². The van der Waals surface area contributed by atoms with Gasteiger partial charge in [-0.3, -0.25) is 4.79 Å². The summed E-state index contributed by atoms with van der Waals surface area (Å²) in [6.45, 7) is 6.19. The predicted octanol–water partition coefficient (Wildman–Crippen LogP) is 3.39. The molecule has 1 aromatic rings. The molecule has 1 fully saturated rings. The number of unbranched alkanes of at least 4 members (excludes halogenated alkanes) is 1. The molecule has 0 spiro atoms. The minimum atomic E-state index is -0.0729. The van der Waals surface area contributed by atoms with Crippen LogP contribution in [0.5, 0.6) is 5.88 Å². The van der Waals surface area contributed by atoms with E-state index in [4.69, 9.17) is 19.9 Å². The number of nitrogens with one attached hydrogen (secondary N) is 1. The Kier molecular flexibility index (Phi) is 9.18. The third-order valence-electron chi connectivity index (χ3n) is 4.74. The normalized spacial score (nSPS) is 19.5. The molecule has 7 heteroatoms. The average molecular weight is 380 g/mol. The number of pyridine rings is 1. The number of nitrogens with zero attached hydrogens (tertiary/aromatic N) is 1. The van der Waals surface area contributed by atoms with Gasteiger partial charge in [0.25, 0.3) is 0 Å². The van der Waals surface area contributed by atoms with Crippen molar-refractivity contribution in [2.45, 2.75) is 58.4 Å². The molecule has 0 saturated heterocycles. The topological polar surface area (TPSA) is 95.7 Å². The van der Waals surface area contributed by atoms with E-state index in [0.717, 1.165) is 50.8 Å². The number of hydrogen-bond donors (Lipinski definition) is 2. The van der Waals surface area contributed by atoms with Crippen LogP contribution in [0.4, 0.5) is 11.4 Å². The molecule has 0 atom stereocenters. The molecule has 0 bridgehead atoms. The molecular weight excluding hydrogens is 346 g/mol. The van der Waals surface area contributed by atoms with Crippen molar-refractivity contribution in [2.24, 2.45) is 5.92 Å². The molecular formula is C20H33N3O4. The molecule has 0 amide bonds. The van der Waals surface area contributed by atoms with Gasteiger partial charge in [-0.15, -0.1) is 0 Å². The number of nitrogens with two attached hydrogens (primary N) is 1. The van der Waals surface area contributed by atoms with Gasteiger partial charge in [0.05, 0.1) is 36.7 Å². The molecule has 1 saturated carbocycles. The lowest BCUT2D eigenvalue weighted by molar-refractivity contribution is -0.149. The van der Waals surface area contributed by atoms with Crippen LogP contribution in [0.3, 0.4) is 0 Å². The monoisotopic (exact) mass is 379 g/mol. The molecule has 1 aliphatic rings. The van der Waals surface area contributed by atoms with Crippen molar-refractivity contribution in [2.75, 3.05) is 37.5 Å². The van der Waals surface area contributed by atoms with E-state index >= 15 is 0 Å². The molecule has 1 aromatic heterocycles. The Balaban J connectivity index is 1.78. The van der Waals surface area contributed by atoms with E-state index in [1.54, 1.807) is 6.20 Å². The minimum Gasteiger partial charge on any atom is -0.475 e. The number of rotatable bonds is 11. The standard InChI is InChI=1S/C20H33N3O4/c1-3-5-10-25-11-12-27-19-13-18(17(21)14-22-19)23-16-8-6-15(7-9-16)20(24)26-4-2/h13-16H,3-12,21H2,1-2H3,(H,22,23)/t15-,16+. The fourth-order valence-corrected chi connectivity index (χ4v) is 3.16. The Morgan fingerprint density at radius 1 is 1.22 bits per heavy atom. The number of carbonyl (C=O) groups excluding carboxylic acids is 1. The van der Waals surface area contributed by atoms with Gasteiger partial charge in [-0.1, -0.05) is 13.3 Å². The van der Waals surface area contributed by atoms with Gasteiger partial charge in [-0.25, -0.2) is 4.98 Å². The molecule has 0 unspecified atom stereocenters. The van der Waals surface area contributed by atoms with Crippen LogP contribution in [-0.4, -0.2) is 43.4 Å². The first-order chi connectivity index (χ1) is 13.1. The Morgan fingerprint density at radius 2 is 2.00 bits per heavy atom. The Morgan fingerprint density at radius 3 is 2.70 bits per heavy atom. The molecule has 2 rings (SSSR count). The van der Waals surface area contributed by atoms with Gasteiger partial charge >= 0.3 is 5.97 Å². The highest BCUT2D eigenvalue weighted by Crippen LogP contribution is 2.30. The van der Waals surface area contributed by atoms with Gasteiger partial charge in [-0.2, -0.15) is 0 Å². The van der Waals surface area contributed by atoms with Crippen LogP contribution in [0.15, 0.2) is 12.3 Å². The zero-order valence-corrected chi connectivity index (χ0v) is 16.5. The summed E-state index contributed by atoms with van der Waals surface area (Å²) in [5, 5.41) is 3.47. The third-order valence-corrected chi connectivity index (χ3v) is 4.74. The first-order valence-electron chi connectivity index (χ1n) is 10.0. The quantitative estimate of drug-likeness (QED) is 0.449. The fraction of sp³-hybridized carbons (Fsp3) is 0.700. The second-order valence-corrected chi connectivity index (χ2v) is 6.87. The van der Waals surface area contributed by atoms with E-state index in [0.29, 0.717) is 31.4 Å². The van der Waals surface area contributed by atoms with Crippen LogP contribution < -0.4 is 15.8 Å². The minimum absolute atomic E-state index is 0.0180. The van der Waals surface area contributed by atoms with Crippen molar-refractivity contribution in [3.63, 3.8) is 0 Å². The lowest BCUT2D eigenvalue weighted by Crippen LogP contribution is -2.30. The smallest absolute Gasteiger partial charge is 0.308 e. The summed E-state index contributed by atoms with van der Waals surface area (Å²) < 4.78 is 16.3. The second kappa shape index (κ2) is 11.6. The Hall–Kier alpha value is -2.02. The van der Waals surface area contributed by atoms with Gasteiger partial charge in [0.15, 0.2) is 0 Å². The van der Waals surface area contributed by atoms with Crippen LogP contribution >= 0.6 is 0 Å². The summed E-state index contributed by atoms with van der Waals surface area (Å²) in [6.07, 6.45) is 7.28. The maximum atomic E-state index is 11.8. The number of aromatic nitrogens is 1. The van der Waals surface area contributed by atoms with Crippen molar-refractivity contribution in [3.05, 3.63) is 12.3 Å². The zero-order valence-electron chi connectivity index (χ0n) is 16.5. The van der Waals surface area contributed by atoms with Crippen LogP contribution in [-0.2, 0) is 14.3 Å². The van der Waals surface area contributed by atoms with Crippen LogP contribution in [0.1, 0.15) is 52.4 Å². The summed E-state index contributed by atoms with van der Waals surface area (Å²) in [5.74, 6) is 0.478. The van der Waals surface area contributed by atoms with Crippen molar-refractivity contribution >= 4 is 17.3 Å². The fourth-order valence-electron chi connectivity index (χ4n) is 3.16. The molecule has 1 aliphatic carbocycles. The second-order valence-electron chi connectivity index (χ2n) is 6.87. The first-order valence-corrected chi connectivity index (χ1v) is 10.0. The van der Waals surface area contributed by atoms with E-state index in [1.807, 2.05) is 13.0 Å². The van der Waals surface area contributed by atoms with Crippen molar-refractivity contribution in [3.8, 4) is 5.88 Å². The molecule has 7 nitrogen and oxygen atoms in total. The lowest BCUT2D eigenvalue weighted by atomic mass is 9.86. The lowest BCUT2D eigenvalue weighted by Gasteiger charge is -2.29. The number of ether oxygens (including phenoxy) is 3. The molecule has 0 radical (unpaired) electrons. The Labute approximate surface area is 162 Å². The van der Waals surface area contributed by atoms with E-state index in [1.165, 1.54) is 0 Å². The third kappa shape index (κ3) is 7.25. The molecule has 27 heavy (non-hydrogen) atoms.